The van der Waals surface area contributed by atoms with Gasteiger partial charge in [0.15, 0.2) is 0 Å². The van der Waals surface area contributed by atoms with Crippen LogP contribution in [0.15, 0.2) is 37.0 Å². The third-order valence-electron chi connectivity index (χ3n) is 4.52. The Morgan fingerprint density at radius 1 is 1.50 bits per heavy atom. The highest BCUT2D eigenvalue weighted by Gasteiger charge is 2.34. The van der Waals surface area contributed by atoms with Crippen LogP contribution < -0.4 is 5.32 Å². The lowest BCUT2D eigenvalue weighted by atomic mass is 9.87. The van der Waals surface area contributed by atoms with Gasteiger partial charge in [0.2, 0.25) is 5.91 Å². The number of amides is 1. The summed E-state index contributed by atoms with van der Waals surface area (Å²) in [4.78, 5) is 14.4. The molecule has 0 aromatic heterocycles. The third-order valence-corrected chi connectivity index (χ3v) is 4.52. The predicted octanol–water partition coefficient (Wildman–Crippen LogP) is 2.65. The van der Waals surface area contributed by atoms with Crippen molar-refractivity contribution >= 4 is 5.91 Å². The number of hydrogen-bond acceptors (Lipinski definition) is 2. The molecule has 1 amide bonds. The maximum atomic E-state index is 11.9. The zero-order chi connectivity index (χ0) is 14.8. The first-order valence-corrected chi connectivity index (χ1v) is 7.44. The van der Waals surface area contributed by atoms with Crippen molar-refractivity contribution < 1.29 is 6.17 Å². The first-order valence-electron chi connectivity index (χ1n) is 7.94. The van der Waals surface area contributed by atoms with Gasteiger partial charge in [-0.1, -0.05) is 30.8 Å². The van der Waals surface area contributed by atoms with Gasteiger partial charge in [0, 0.05) is 12.6 Å². The molecule has 106 valence electrons. The zero-order valence-electron chi connectivity index (χ0n) is 12.8. The van der Waals surface area contributed by atoms with Crippen molar-refractivity contribution in [2.75, 3.05) is 13.1 Å². The van der Waals surface area contributed by atoms with E-state index in [0.29, 0.717) is 12.1 Å². The molecular formula is C17H22N2O. The molecule has 1 aliphatic carbocycles. The minimum absolute atomic E-state index is 0.0626. The van der Waals surface area contributed by atoms with Crippen LogP contribution in [0.25, 0.3) is 0 Å². The van der Waals surface area contributed by atoms with Gasteiger partial charge in [0.1, 0.15) is 0 Å². The second-order valence-corrected chi connectivity index (χ2v) is 5.71. The molecule has 2 aliphatic rings. The van der Waals surface area contributed by atoms with Crippen LogP contribution in [0, 0.1) is 5.92 Å². The molecule has 3 nitrogen and oxygen atoms in total. The highest BCUT2D eigenvalue weighted by atomic mass is 16.1. The first-order chi connectivity index (χ1) is 10.2. The number of carbonyl (C=O) groups is 1. The highest BCUT2D eigenvalue weighted by molar-refractivity contribution is 5.80. The molecule has 20 heavy (non-hydrogen) atoms. The van der Waals surface area contributed by atoms with Crippen molar-refractivity contribution in [3.8, 4) is 0 Å². The van der Waals surface area contributed by atoms with Crippen molar-refractivity contribution in [3.63, 3.8) is 0 Å². The Hall–Kier alpha value is -1.61. The molecule has 0 radical (unpaired) electrons. The fraction of sp³-hybridized carbons (Fsp3) is 0.471. The minimum Gasteiger partial charge on any atom is -0.333 e. The lowest BCUT2D eigenvalue weighted by molar-refractivity contribution is -0.123. The van der Waals surface area contributed by atoms with Crippen LogP contribution in [-0.4, -0.2) is 23.9 Å². The molecule has 1 aromatic rings. The molecule has 3 heteroatoms. The number of carbonyl (C=O) groups excluding carboxylic acids is 1. The molecule has 1 saturated heterocycles. The normalized spacial score (nSPS) is 26.7. The highest BCUT2D eigenvalue weighted by Crippen LogP contribution is 2.36. The molecule has 1 heterocycles. The fourth-order valence-electron chi connectivity index (χ4n) is 3.52. The summed E-state index contributed by atoms with van der Waals surface area (Å²) < 4.78 is 8.08. The van der Waals surface area contributed by atoms with Gasteiger partial charge in [0.25, 0.3) is 0 Å². The van der Waals surface area contributed by atoms with Gasteiger partial charge in [0.05, 0.1) is 7.29 Å². The summed E-state index contributed by atoms with van der Waals surface area (Å²) in [5.74, 6) is 0.144. The van der Waals surface area contributed by atoms with Gasteiger partial charge >= 0.3 is 0 Å². The molecule has 1 fully saturated rings. The van der Waals surface area contributed by atoms with Gasteiger partial charge < -0.3 is 5.32 Å². The van der Waals surface area contributed by atoms with E-state index >= 15 is 0 Å². The summed E-state index contributed by atoms with van der Waals surface area (Å²) in [5, 5.41) is 2.71. The third kappa shape index (κ3) is 2.50. The van der Waals surface area contributed by atoms with E-state index in [0.717, 1.165) is 38.8 Å². The first kappa shape index (κ1) is 12.2. The average Bonchev–Trinajstić information content (AvgIpc) is 2.97. The molecule has 0 spiro atoms. The van der Waals surface area contributed by atoms with Crippen molar-refractivity contribution in [2.45, 2.75) is 31.7 Å². The SMILES string of the molecule is [3H]c1cccc2c1CCCC2N1CCC(C(=O)NC=C)C1. The van der Waals surface area contributed by atoms with Crippen LogP contribution in [0.1, 0.15) is 37.8 Å². The predicted molar refractivity (Wildman–Crippen MR) is 80.1 cm³/mol. The molecule has 3 rings (SSSR count). The number of nitrogens with one attached hydrogen (secondary N) is 1. The maximum absolute atomic E-state index is 11.9. The van der Waals surface area contributed by atoms with E-state index in [1.807, 2.05) is 12.1 Å². The van der Waals surface area contributed by atoms with E-state index in [2.05, 4.69) is 22.9 Å². The molecule has 1 aliphatic heterocycles. The standard InChI is InChI=1S/C17H22N2O/c1-2-18-17(20)14-10-11-19(12-14)16-9-5-7-13-6-3-4-8-15(13)16/h2-4,6,8,14,16H,1,5,7,9-12H2,(H,18,20)/i6T. The van der Waals surface area contributed by atoms with E-state index in [1.165, 1.54) is 17.3 Å². The molecule has 2 unspecified atom stereocenters. The van der Waals surface area contributed by atoms with Crippen LogP contribution in [0.3, 0.4) is 0 Å². The van der Waals surface area contributed by atoms with E-state index < -0.39 is 0 Å². The van der Waals surface area contributed by atoms with Gasteiger partial charge in [-0.3, -0.25) is 9.69 Å². The van der Waals surface area contributed by atoms with E-state index in [9.17, 15) is 4.79 Å². The summed E-state index contributed by atoms with van der Waals surface area (Å²) in [6.07, 6.45) is 5.65. The van der Waals surface area contributed by atoms with Crippen molar-refractivity contribution in [1.29, 1.82) is 0 Å². The van der Waals surface area contributed by atoms with Crippen LogP contribution in [-0.2, 0) is 11.2 Å². The second kappa shape index (κ2) is 5.80. The smallest absolute Gasteiger partial charge is 0.228 e. The Labute approximate surface area is 122 Å². The zero-order valence-corrected chi connectivity index (χ0v) is 11.8. The molecule has 1 N–H and O–H groups in total. The van der Waals surface area contributed by atoms with E-state index in [4.69, 9.17) is 1.37 Å². The number of likely N-dealkylation sites (tertiary alicyclic amines) is 1. The van der Waals surface area contributed by atoms with Crippen LogP contribution >= 0.6 is 0 Å². The van der Waals surface area contributed by atoms with Gasteiger partial charge in [-0.15, -0.1) is 0 Å². The summed E-state index contributed by atoms with van der Waals surface area (Å²) in [6, 6.07) is 7.06. The Kier molecular flexibility index (Phi) is 3.52. The number of hydrogen-bond donors (Lipinski definition) is 1. The maximum Gasteiger partial charge on any atom is 0.228 e. The molecule has 1 aromatic carbocycles. The van der Waals surface area contributed by atoms with Gasteiger partial charge in [-0.05, 0) is 49.6 Å². The van der Waals surface area contributed by atoms with Gasteiger partial charge in [-0.25, -0.2) is 0 Å². The Balaban J connectivity index is 1.77. The Bertz CT molecular complexity index is 558. The largest absolute Gasteiger partial charge is 0.333 e. The topological polar surface area (TPSA) is 32.3 Å². The second-order valence-electron chi connectivity index (χ2n) is 5.71. The average molecular weight is 272 g/mol. The fourth-order valence-corrected chi connectivity index (χ4v) is 3.52. The van der Waals surface area contributed by atoms with Crippen molar-refractivity contribution in [2.24, 2.45) is 5.92 Å². The Morgan fingerprint density at radius 2 is 2.40 bits per heavy atom. The number of nitrogens with zero attached hydrogens (tertiary/aromatic N) is 1. The molecule has 2 atom stereocenters. The van der Waals surface area contributed by atoms with Crippen LogP contribution in [0.5, 0.6) is 0 Å². The quantitative estimate of drug-likeness (QED) is 0.917. The number of benzene rings is 1. The summed E-state index contributed by atoms with van der Waals surface area (Å²) in [7, 11) is 0. The number of rotatable bonds is 3. The summed E-state index contributed by atoms with van der Waals surface area (Å²) >= 11 is 0. The van der Waals surface area contributed by atoms with Crippen LogP contribution in [0.4, 0.5) is 0 Å². The lowest BCUT2D eigenvalue weighted by Crippen LogP contribution is -2.32. The molecule has 0 saturated carbocycles. The van der Waals surface area contributed by atoms with Gasteiger partial charge in [-0.2, -0.15) is 0 Å². The number of fused-ring (bicyclic) bond motifs is 1. The summed E-state index contributed by atoms with van der Waals surface area (Å²) in [6.45, 7) is 5.33. The minimum atomic E-state index is 0.0626. The van der Waals surface area contributed by atoms with Crippen LogP contribution in [0.2, 0.25) is 0 Å². The Morgan fingerprint density at radius 3 is 3.25 bits per heavy atom. The van der Waals surface area contributed by atoms with Crippen molar-refractivity contribution in [3.05, 3.63) is 48.1 Å². The lowest BCUT2D eigenvalue weighted by Gasteiger charge is -2.33. The monoisotopic (exact) mass is 272 g/mol. The molecular weight excluding hydrogens is 248 g/mol. The molecule has 0 bridgehead atoms. The summed E-state index contributed by atoms with van der Waals surface area (Å²) in [5.41, 5.74) is 2.51. The van der Waals surface area contributed by atoms with E-state index in [1.54, 1.807) is 0 Å². The van der Waals surface area contributed by atoms with Crippen molar-refractivity contribution in [1.82, 2.24) is 10.2 Å². The van der Waals surface area contributed by atoms with E-state index in [-0.39, 0.29) is 11.8 Å².